The molecule has 1 amide bonds. The lowest BCUT2D eigenvalue weighted by Gasteiger charge is -2.20. The summed E-state index contributed by atoms with van der Waals surface area (Å²) in [7, 11) is 0. The molecular weight excluding hydrogens is 843 g/mol. The zero-order valence-corrected chi connectivity index (χ0v) is 46.3. The fourth-order valence-corrected chi connectivity index (χ4v) is 9.33. The van der Waals surface area contributed by atoms with Crippen LogP contribution in [0.4, 0.5) is 0 Å². The third-order valence-electron chi connectivity index (χ3n) is 13.9. The van der Waals surface area contributed by atoms with Gasteiger partial charge in [0.15, 0.2) is 0 Å². The first-order valence-corrected chi connectivity index (χ1v) is 30.7. The van der Waals surface area contributed by atoms with E-state index < -0.39 is 12.1 Å². The summed E-state index contributed by atoms with van der Waals surface area (Å²) in [5, 5.41) is 23.2. The van der Waals surface area contributed by atoms with Crippen molar-refractivity contribution >= 4 is 5.91 Å². The van der Waals surface area contributed by atoms with Crippen LogP contribution in [0.1, 0.15) is 316 Å². The number of rotatable bonds is 56. The van der Waals surface area contributed by atoms with E-state index in [1.54, 1.807) is 6.08 Å². The minimum absolute atomic E-state index is 0.0610. The van der Waals surface area contributed by atoms with Crippen LogP contribution in [0.3, 0.4) is 0 Å². The lowest BCUT2D eigenvalue weighted by atomic mass is 10.0. The molecule has 0 saturated heterocycles. The first-order chi connectivity index (χ1) is 34.2. The molecule has 0 spiro atoms. The monoisotopic (exact) mass is 962 g/mol. The number of aliphatic hydroxyl groups is 2. The van der Waals surface area contributed by atoms with Gasteiger partial charge in [-0.15, -0.1) is 0 Å². The van der Waals surface area contributed by atoms with E-state index in [9.17, 15) is 15.0 Å². The maximum atomic E-state index is 12.5. The number of hydrogen-bond donors (Lipinski definition) is 3. The third-order valence-corrected chi connectivity index (χ3v) is 13.9. The van der Waals surface area contributed by atoms with Crippen LogP contribution >= 0.6 is 0 Å². The van der Waals surface area contributed by atoms with Gasteiger partial charge in [-0.3, -0.25) is 4.79 Å². The van der Waals surface area contributed by atoms with E-state index >= 15 is 0 Å². The molecule has 0 aromatic heterocycles. The van der Waals surface area contributed by atoms with Gasteiger partial charge >= 0.3 is 0 Å². The van der Waals surface area contributed by atoms with Gasteiger partial charge in [0.25, 0.3) is 0 Å². The zero-order valence-electron chi connectivity index (χ0n) is 46.3. The second-order valence-corrected chi connectivity index (χ2v) is 20.7. The van der Waals surface area contributed by atoms with Crippen LogP contribution in [-0.2, 0) is 4.79 Å². The molecule has 0 saturated carbocycles. The average Bonchev–Trinajstić information content (AvgIpc) is 3.35. The first-order valence-electron chi connectivity index (χ1n) is 30.7. The van der Waals surface area contributed by atoms with Crippen molar-refractivity contribution in [2.45, 2.75) is 328 Å². The lowest BCUT2D eigenvalue weighted by molar-refractivity contribution is -0.123. The maximum Gasteiger partial charge on any atom is 0.220 e. The molecule has 0 radical (unpaired) electrons. The largest absolute Gasteiger partial charge is 0.394 e. The molecule has 4 nitrogen and oxygen atoms in total. The zero-order chi connectivity index (χ0) is 49.9. The summed E-state index contributed by atoms with van der Waals surface area (Å²) in [5.74, 6) is -0.0610. The van der Waals surface area contributed by atoms with Gasteiger partial charge in [0.05, 0.1) is 18.8 Å². The molecule has 0 aliphatic heterocycles. The number of nitrogens with one attached hydrogen (secondary N) is 1. The molecule has 0 bridgehead atoms. The molecule has 2 unspecified atom stereocenters. The van der Waals surface area contributed by atoms with Crippen molar-refractivity contribution in [2.75, 3.05) is 6.61 Å². The number of carbonyl (C=O) groups is 1. The van der Waals surface area contributed by atoms with E-state index in [0.717, 1.165) is 57.8 Å². The Balaban J connectivity index is 3.48. The summed E-state index contributed by atoms with van der Waals surface area (Å²) < 4.78 is 0. The Hall–Kier alpha value is -2.17. The highest BCUT2D eigenvalue weighted by atomic mass is 16.3. The van der Waals surface area contributed by atoms with E-state index in [4.69, 9.17) is 0 Å². The molecule has 0 aromatic rings. The minimum atomic E-state index is -0.842. The van der Waals surface area contributed by atoms with Gasteiger partial charge in [0.2, 0.25) is 5.91 Å². The summed E-state index contributed by atoms with van der Waals surface area (Å²) in [4.78, 5) is 12.5. The third kappa shape index (κ3) is 56.6. The smallest absolute Gasteiger partial charge is 0.220 e. The number of hydrogen-bond acceptors (Lipinski definition) is 3. The van der Waals surface area contributed by atoms with Gasteiger partial charge in [-0.25, -0.2) is 0 Å². The summed E-state index contributed by atoms with van der Waals surface area (Å²) in [6.45, 7) is 4.22. The fourth-order valence-electron chi connectivity index (χ4n) is 9.33. The standard InChI is InChI=1S/C65H119NO3/c1-3-5-7-9-11-13-15-17-19-21-23-25-27-29-30-31-32-33-34-35-36-37-39-41-43-45-47-49-51-53-55-57-59-61-65(69)66-63(62-67)64(68)60-58-56-54-52-50-48-46-44-42-40-38-28-26-24-22-20-18-16-14-12-10-8-6-4-2/h5,7,11,13,17,19,23,25,29-30,58,60,63-64,67-68H,3-4,6,8-10,12,14-16,18,20-22,24,26-28,31-57,59,61-62H2,1-2H3,(H,66,69)/b7-5-,13-11-,19-17-,25-23-,30-29-,60-58+. The minimum Gasteiger partial charge on any atom is -0.394 e. The molecule has 0 aromatic carbocycles. The number of aliphatic hydroxyl groups excluding tert-OH is 2. The summed E-state index contributed by atoms with van der Waals surface area (Å²) in [6.07, 6.45) is 86.6. The number of unbranched alkanes of at least 4 members (excludes halogenated alkanes) is 39. The number of amides is 1. The second kappa shape index (κ2) is 60.1. The number of carbonyl (C=O) groups excluding carboxylic acids is 1. The van der Waals surface area contributed by atoms with Crippen molar-refractivity contribution in [3.63, 3.8) is 0 Å². The van der Waals surface area contributed by atoms with E-state index in [1.165, 1.54) is 238 Å². The molecule has 0 aliphatic carbocycles. The normalized spacial score (nSPS) is 13.3. The highest BCUT2D eigenvalue weighted by molar-refractivity contribution is 5.76. The Kier molecular flexibility index (Phi) is 58.2. The highest BCUT2D eigenvalue weighted by Crippen LogP contribution is 2.17. The van der Waals surface area contributed by atoms with Gasteiger partial charge in [0.1, 0.15) is 0 Å². The fraction of sp³-hybridized carbons (Fsp3) is 0.800. The Morgan fingerprint density at radius 2 is 0.638 bits per heavy atom. The predicted molar refractivity (Wildman–Crippen MR) is 308 cm³/mol. The van der Waals surface area contributed by atoms with E-state index in [0.29, 0.717) is 6.42 Å². The van der Waals surface area contributed by atoms with Crippen molar-refractivity contribution in [2.24, 2.45) is 0 Å². The van der Waals surface area contributed by atoms with Crippen LogP contribution in [-0.4, -0.2) is 34.9 Å². The molecule has 3 N–H and O–H groups in total. The van der Waals surface area contributed by atoms with Crippen LogP contribution < -0.4 is 5.32 Å². The molecule has 2 atom stereocenters. The van der Waals surface area contributed by atoms with Gasteiger partial charge in [-0.1, -0.05) is 318 Å². The lowest BCUT2D eigenvalue weighted by Crippen LogP contribution is -2.45. The summed E-state index contributed by atoms with van der Waals surface area (Å²) >= 11 is 0. The van der Waals surface area contributed by atoms with E-state index in [2.05, 4.69) is 79.9 Å². The maximum absolute atomic E-state index is 12.5. The van der Waals surface area contributed by atoms with Crippen LogP contribution in [0.2, 0.25) is 0 Å². The first kappa shape index (κ1) is 66.8. The Morgan fingerprint density at radius 1 is 0.362 bits per heavy atom. The Bertz CT molecular complexity index is 1180. The van der Waals surface area contributed by atoms with Crippen LogP contribution in [0.5, 0.6) is 0 Å². The van der Waals surface area contributed by atoms with Crippen LogP contribution in [0, 0.1) is 0 Å². The molecule has 0 heterocycles. The molecule has 0 fully saturated rings. The van der Waals surface area contributed by atoms with Crippen LogP contribution in [0.25, 0.3) is 0 Å². The highest BCUT2D eigenvalue weighted by Gasteiger charge is 2.18. The molecule has 0 rings (SSSR count). The van der Waals surface area contributed by atoms with Gasteiger partial charge in [-0.2, -0.15) is 0 Å². The summed E-state index contributed by atoms with van der Waals surface area (Å²) in [6, 6.07) is -0.625. The Morgan fingerprint density at radius 3 is 0.957 bits per heavy atom. The van der Waals surface area contributed by atoms with Gasteiger partial charge < -0.3 is 15.5 Å². The van der Waals surface area contributed by atoms with Gasteiger partial charge in [0, 0.05) is 6.42 Å². The van der Waals surface area contributed by atoms with Gasteiger partial charge in [-0.05, 0) is 64.2 Å². The molecule has 402 valence electrons. The van der Waals surface area contributed by atoms with Crippen molar-refractivity contribution in [3.05, 3.63) is 72.9 Å². The van der Waals surface area contributed by atoms with Crippen molar-refractivity contribution in [1.29, 1.82) is 0 Å². The van der Waals surface area contributed by atoms with Crippen molar-refractivity contribution in [3.8, 4) is 0 Å². The second-order valence-electron chi connectivity index (χ2n) is 20.7. The van der Waals surface area contributed by atoms with Crippen molar-refractivity contribution < 1.29 is 15.0 Å². The molecule has 0 aliphatic rings. The average molecular weight is 963 g/mol. The quantitative estimate of drug-likeness (QED) is 0.0420. The Labute approximate surface area is 431 Å². The molecule has 69 heavy (non-hydrogen) atoms. The summed E-state index contributed by atoms with van der Waals surface area (Å²) in [5.41, 5.74) is 0. The predicted octanol–water partition coefficient (Wildman–Crippen LogP) is 20.5. The topological polar surface area (TPSA) is 69.6 Å². The van der Waals surface area contributed by atoms with E-state index in [-0.39, 0.29) is 12.5 Å². The van der Waals surface area contributed by atoms with Crippen molar-refractivity contribution in [1.82, 2.24) is 5.32 Å². The number of allylic oxidation sites excluding steroid dienone is 11. The molecular formula is C65H119NO3. The molecule has 4 heteroatoms. The SMILES string of the molecule is CC/C=C\C/C=C\C/C=C\C/C=C\C/C=C\CCCCCCCCCCCCCCCCCCCC(=O)NC(CO)C(O)/C=C/CCCCCCCCCCCCCCCCCCCCCCCC. The van der Waals surface area contributed by atoms with Crippen LogP contribution in [0.15, 0.2) is 72.9 Å². The van der Waals surface area contributed by atoms with E-state index in [1.807, 2.05) is 6.08 Å².